The third-order valence-electron chi connectivity index (χ3n) is 5.20. The Morgan fingerprint density at radius 3 is 2.63 bits per heavy atom. The van der Waals surface area contributed by atoms with Gasteiger partial charge in [-0.05, 0) is 57.5 Å². The maximum absolute atomic E-state index is 11.7. The van der Waals surface area contributed by atoms with Gasteiger partial charge >= 0.3 is 6.09 Å². The first kappa shape index (κ1) is 24.0. The zero-order valence-corrected chi connectivity index (χ0v) is 20.4. The Morgan fingerprint density at radius 1 is 1.06 bits per heavy atom. The molecule has 1 atom stereocenters. The normalized spacial score (nSPS) is 12.2. The van der Waals surface area contributed by atoms with Crippen LogP contribution in [0.1, 0.15) is 39.3 Å². The summed E-state index contributed by atoms with van der Waals surface area (Å²) in [6.07, 6.45) is 3.07. The van der Waals surface area contributed by atoms with Crippen LogP contribution in [0.15, 0.2) is 67.1 Å². The fourth-order valence-corrected chi connectivity index (χ4v) is 3.56. The van der Waals surface area contributed by atoms with E-state index in [9.17, 15) is 4.79 Å². The van der Waals surface area contributed by atoms with Crippen molar-refractivity contribution in [2.45, 2.75) is 39.3 Å². The van der Waals surface area contributed by atoms with Gasteiger partial charge in [-0.15, -0.1) is 0 Å². The molecule has 2 heterocycles. The van der Waals surface area contributed by atoms with Gasteiger partial charge in [0.05, 0.1) is 17.1 Å². The maximum Gasteiger partial charge on any atom is 0.407 e. The zero-order valence-electron chi connectivity index (χ0n) is 20.4. The SMILES string of the molecule is CC(Nc1nccc(-n2cnc3cc(NCCNC(=O)OC(C)(C)C)ccc32)n1)c1ccccc1. The Bertz CT molecular complexity index is 1280. The molecule has 9 nitrogen and oxygen atoms in total. The van der Waals surface area contributed by atoms with E-state index in [1.54, 1.807) is 12.5 Å². The van der Waals surface area contributed by atoms with Crippen molar-refractivity contribution in [3.05, 3.63) is 72.7 Å². The van der Waals surface area contributed by atoms with Crippen LogP contribution in [0.5, 0.6) is 0 Å². The predicted molar refractivity (Wildman–Crippen MR) is 138 cm³/mol. The Labute approximate surface area is 205 Å². The van der Waals surface area contributed by atoms with Crippen LogP contribution >= 0.6 is 0 Å². The van der Waals surface area contributed by atoms with Gasteiger partial charge in [0.2, 0.25) is 5.95 Å². The van der Waals surface area contributed by atoms with E-state index < -0.39 is 11.7 Å². The lowest BCUT2D eigenvalue weighted by atomic mass is 10.1. The second-order valence-corrected chi connectivity index (χ2v) is 9.19. The molecule has 4 aromatic rings. The lowest BCUT2D eigenvalue weighted by molar-refractivity contribution is 0.0530. The molecule has 4 rings (SSSR count). The first-order valence-corrected chi connectivity index (χ1v) is 11.6. The highest BCUT2D eigenvalue weighted by Gasteiger charge is 2.15. The van der Waals surface area contributed by atoms with Crippen molar-refractivity contribution in [1.82, 2.24) is 24.8 Å². The summed E-state index contributed by atoms with van der Waals surface area (Å²) in [5.74, 6) is 1.28. The van der Waals surface area contributed by atoms with Gasteiger partial charge in [0.25, 0.3) is 0 Å². The molecule has 0 aliphatic carbocycles. The smallest absolute Gasteiger partial charge is 0.407 e. The lowest BCUT2D eigenvalue weighted by Gasteiger charge is -2.19. The minimum Gasteiger partial charge on any atom is -0.444 e. The van der Waals surface area contributed by atoms with Crippen LogP contribution in [0.4, 0.5) is 16.4 Å². The number of aromatic nitrogens is 4. The van der Waals surface area contributed by atoms with Crippen LogP contribution < -0.4 is 16.0 Å². The van der Waals surface area contributed by atoms with Crippen molar-refractivity contribution in [3.63, 3.8) is 0 Å². The molecule has 0 bridgehead atoms. The average Bonchev–Trinajstić information content (AvgIpc) is 3.25. The number of hydrogen-bond acceptors (Lipinski definition) is 7. The third kappa shape index (κ3) is 6.47. The summed E-state index contributed by atoms with van der Waals surface area (Å²) in [7, 11) is 0. The molecule has 9 heteroatoms. The zero-order chi connectivity index (χ0) is 24.8. The van der Waals surface area contributed by atoms with Crippen molar-refractivity contribution >= 4 is 28.8 Å². The first-order chi connectivity index (χ1) is 16.8. The number of fused-ring (bicyclic) bond motifs is 1. The Balaban J connectivity index is 1.39. The minimum absolute atomic E-state index is 0.0735. The molecule has 35 heavy (non-hydrogen) atoms. The van der Waals surface area contributed by atoms with Gasteiger partial charge in [-0.3, -0.25) is 4.57 Å². The van der Waals surface area contributed by atoms with Crippen molar-refractivity contribution in [1.29, 1.82) is 0 Å². The molecule has 0 fully saturated rings. The van der Waals surface area contributed by atoms with E-state index in [0.717, 1.165) is 28.1 Å². The van der Waals surface area contributed by atoms with Gasteiger partial charge in [0.1, 0.15) is 17.7 Å². The molecule has 0 saturated heterocycles. The molecule has 0 aliphatic heterocycles. The van der Waals surface area contributed by atoms with Crippen LogP contribution in [0.2, 0.25) is 0 Å². The summed E-state index contributed by atoms with van der Waals surface area (Å²) in [6.45, 7) is 8.59. The lowest BCUT2D eigenvalue weighted by Crippen LogP contribution is -2.34. The van der Waals surface area contributed by atoms with Gasteiger partial charge < -0.3 is 20.7 Å². The monoisotopic (exact) mass is 473 g/mol. The molecule has 0 aliphatic rings. The number of carbonyl (C=O) groups is 1. The van der Waals surface area contributed by atoms with Crippen LogP contribution in [-0.4, -0.2) is 44.3 Å². The average molecular weight is 474 g/mol. The van der Waals surface area contributed by atoms with E-state index in [1.807, 2.05) is 67.8 Å². The second-order valence-electron chi connectivity index (χ2n) is 9.19. The molecule has 2 aromatic heterocycles. The molecule has 1 amide bonds. The number of benzene rings is 2. The fourth-order valence-electron chi connectivity index (χ4n) is 3.56. The largest absolute Gasteiger partial charge is 0.444 e. The number of imidazole rings is 1. The standard InChI is InChI=1S/C26H31N7O2/c1-18(19-8-6-5-7-9-19)31-24-28-13-12-23(32-24)33-17-30-21-16-20(10-11-22(21)33)27-14-15-29-25(34)35-26(2,3)4/h5-13,16-18,27H,14-15H2,1-4H3,(H,29,34)(H,28,31,32). The van der Waals surface area contributed by atoms with Crippen molar-refractivity contribution in [2.24, 2.45) is 0 Å². The molecule has 3 N–H and O–H groups in total. The number of alkyl carbamates (subject to hydrolysis) is 1. The van der Waals surface area contributed by atoms with Gasteiger partial charge in [0.15, 0.2) is 0 Å². The highest BCUT2D eigenvalue weighted by molar-refractivity contribution is 5.81. The Kier molecular flexibility index (Phi) is 7.14. The van der Waals surface area contributed by atoms with Crippen LogP contribution in [0.3, 0.4) is 0 Å². The maximum atomic E-state index is 11.7. The summed E-state index contributed by atoms with van der Waals surface area (Å²) < 4.78 is 7.17. The van der Waals surface area contributed by atoms with Crippen LogP contribution in [0, 0.1) is 0 Å². The number of anilines is 2. The summed E-state index contributed by atoms with van der Waals surface area (Å²) in [6, 6.07) is 18.1. The van der Waals surface area contributed by atoms with E-state index in [1.165, 1.54) is 0 Å². The summed E-state index contributed by atoms with van der Waals surface area (Å²) in [5, 5.41) is 9.39. The van der Waals surface area contributed by atoms with E-state index in [-0.39, 0.29) is 6.04 Å². The first-order valence-electron chi connectivity index (χ1n) is 11.6. The van der Waals surface area contributed by atoms with E-state index in [0.29, 0.717) is 19.0 Å². The molecular formula is C26H31N7O2. The number of carbonyl (C=O) groups excluding carboxylic acids is 1. The molecule has 1 unspecified atom stereocenters. The topological polar surface area (TPSA) is 106 Å². The van der Waals surface area contributed by atoms with E-state index in [2.05, 4.69) is 50.0 Å². The Morgan fingerprint density at radius 2 is 1.86 bits per heavy atom. The number of nitrogens with one attached hydrogen (secondary N) is 3. The van der Waals surface area contributed by atoms with Crippen molar-refractivity contribution < 1.29 is 9.53 Å². The summed E-state index contributed by atoms with van der Waals surface area (Å²) in [4.78, 5) is 25.4. The summed E-state index contributed by atoms with van der Waals surface area (Å²) >= 11 is 0. The van der Waals surface area contributed by atoms with Crippen molar-refractivity contribution in [3.8, 4) is 5.82 Å². The Hall–Kier alpha value is -4.14. The highest BCUT2D eigenvalue weighted by atomic mass is 16.6. The van der Waals surface area contributed by atoms with E-state index in [4.69, 9.17) is 4.74 Å². The number of amides is 1. The quantitative estimate of drug-likeness (QED) is 0.312. The highest BCUT2D eigenvalue weighted by Crippen LogP contribution is 2.22. The third-order valence-corrected chi connectivity index (χ3v) is 5.20. The molecule has 2 aromatic carbocycles. The number of hydrogen-bond donors (Lipinski definition) is 3. The van der Waals surface area contributed by atoms with Crippen molar-refractivity contribution in [2.75, 3.05) is 23.7 Å². The number of nitrogens with zero attached hydrogens (tertiary/aromatic N) is 4. The molecule has 0 radical (unpaired) electrons. The molecule has 182 valence electrons. The van der Waals surface area contributed by atoms with Crippen LogP contribution in [-0.2, 0) is 4.74 Å². The fraction of sp³-hybridized carbons (Fsp3) is 0.308. The predicted octanol–water partition coefficient (Wildman–Crippen LogP) is 4.93. The summed E-state index contributed by atoms with van der Waals surface area (Å²) in [5.41, 5.74) is 3.33. The van der Waals surface area contributed by atoms with Gasteiger partial charge in [0, 0.05) is 25.0 Å². The van der Waals surface area contributed by atoms with Gasteiger partial charge in [-0.25, -0.2) is 14.8 Å². The minimum atomic E-state index is -0.512. The molecular weight excluding hydrogens is 442 g/mol. The van der Waals surface area contributed by atoms with Gasteiger partial charge in [-0.1, -0.05) is 30.3 Å². The second kappa shape index (κ2) is 10.4. The van der Waals surface area contributed by atoms with E-state index >= 15 is 0 Å². The molecule has 0 saturated carbocycles. The number of rotatable bonds is 8. The van der Waals surface area contributed by atoms with Gasteiger partial charge in [-0.2, -0.15) is 4.98 Å². The number of ether oxygens (including phenoxy) is 1. The molecule has 0 spiro atoms. The van der Waals surface area contributed by atoms with Crippen LogP contribution in [0.25, 0.3) is 16.9 Å².